The van der Waals surface area contributed by atoms with Gasteiger partial charge in [0.15, 0.2) is 9.84 Å². The number of carbonyl (C=O) groups is 1. The molecule has 0 atom stereocenters. The zero-order chi connectivity index (χ0) is 15.3. The second kappa shape index (κ2) is 7.07. The third-order valence-electron chi connectivity index (χ3n) is 3.16. The summed E-state index contributed by atoms with van der Waals surface area (Å²) >= 11 is 1.31. The van der Waals surface area contributed by atoms with Crippen molar-refractivity contribution in [2.24, 2.45) is 0 Å². The van der Waals surface area contributed by atoms with Gasteiger partial charge >= 0.3 is 0 Å². The van der Waals surface area contributed by atoms with Gasteiger partial charge in [-0.1, -0.05) is 11.8 Å². The Kier molecular flexibility index (Phi) is 5.39. The molecule has 0 aliphatic carbocycles. The third-order valence-corrected chi connectivity index (χ3v) is 5.78. The molecular formula is C14H17NO4S2. The van der Waals surface area contributed by atoms with Crippen LogP contribution in [0.25, 0.3) is 0 Å². The Balaban J connectivity index is 2.14. The number of hydrogen-bond donors (Lipinski definition) is 1. The van der Waals surface area contributed by atoms with E-state index in [9.17, 15) is 13.2 Å². The molecule has 21 heavy (non-hydrogen) atoms. The van der Waals surface area contributed by atoms with E-state index in [1.54, 1.807) is 16.3 Å². The normalized spacial score (nSPS) is 17.7. The zero-order valence-corrected chi connectivity index (χ0v) is 13.2. The van der Waals surface area contributed by atoms with E-state index in [1.165, 1.54) is 11.3 Å². The third kappa shape index (κ3) is 4.30. The number of thiophene rings is 1. The number of amides is 1. The first-order valence-electron chi connectivity index (χ1n) is 6.70. The number of rotatable bonds is 2. The summed E-state index contributed by atoms with van der Waals surface area (Å²) in [5.74, 6) is 5.69. The summed E-state index contributed by atoms with van der Waals surface area (Å²) in [4.78, 5) is 14.6. The highest BCUT2D eigenvalue weighted by Crippen LogP contribution is 2.19. The van der Waals surface area contributed by atoms with Gasteiger partial charge in [-0.15, -0.1) is 11.3 Å². The molecule has 1 aromatic heterocycles. The molecule has 114 valence electrons. The van der Waals surface area contributed by atoms with E-state index in [2.05, 4.69) is 11.8 Å². The van der Waals surface area contributed by atoms with Crippen LogP contribution >= 0.6 is 11.3 Å². The fourth-order valence-corrected chi connectivity index (χ4v) is 4.16. The van der Waals surface area contributed by atoms with Crippen molar-refractivity contribution in [2.75, 3.05) is 31.2 Å². The highest BCUT2D eigenvalue weighted by molar-refractivity contribution is 7.91. The van der Waals surface area contributed by atoms with Gasteiger partial charge in [0.1, 0.15) is 4.88 Å². The van der Waals surface area contributed by atoms with Crippen molar-refractivity contribution in [1.82, 2.24) is 4.90 Å². The molecule has 1 amide bonds. The molecule has 7 heteroatoms. The summed E-state index contributed by atoms with van der Waals surface area (Å²) in [7, 11) is -3.03. The molecular weight excluding hydrogens is 310 g/mol. The molecule has 0 saturated carbocycles. The molecule has 0 unspecified atom stereocenters. The predicted octanol–water partition coefficient (Wildman–Crippen LogP) is 0.743. The lowest BCUT2D eigenvalue weighted by Crippen LogP contribution is -2.33. The Labute approximate surface area is 128 Å². The van der Waals surface area contributed by atoms with Crippen LogP contribution in [-0.4, -0.2) is 55.5 Å². The molecule has 1 aliphatic heterocycles. The molecule has 0 bridgehead atoms. The SMILES string of the molecule is O=C(c1sccc1C#CCCO)N1CCCS(=O)(=O)CC1. The molecule has 5 nitrogen and oxygen atoms in total. The minimum Gasteiger partial charge on any atom is -0.395 e. The van der Waals surface area contributed by atoms with Crippen LogP contribution in [0, 0.1) is 11.8 Å². The quantitative estimate of drug-likeness (QED) is 0.813. The molecule has 0 spiro atoms. The minimum absolute atomic E-state index is 0.00952. The number of carbonyl (C=O) groups excluding carboxylic acids is 1. The molecule has 1 aromatic rings. The predicted molar refractivity (Wildman–Crippen MR) is 82.1 cm³/mol. The van der Waals surface area contributed by atoms with Crippen molar-refractivity contribution >= 4 is 27.1 Å². The van der Waals surface area contributed by atoms with Crippen molar-refractivity contribution < 1.29 is 18.3 Å². The zero-order valence-electron chi connectivity index (χ0n) is 11.5. The van der Waals surface area contributed by atoms with Crippen LogP contribution in [0.5, 0.6) is 0 Å². The van der Waals surface area contributed by atoms with E-state index >= 15 is 0 Å². The molecule has 0 radical (unpaired) electrons. The van der Waals surface area contributed by atoms with Gasteiger partial charge in [-0.3, -0.25) is 4.79 Å². The molecule has 1 fully saturated rings. The first-order valence-corrected chi connectivity index (χ1v) is 9.40. The Morgan fingerprint density at radius 1 is 1.38 bits per heavy atom. The summed E-state index contributed by atoms with van der Waals surface area (Å²) in [5.41, 5.74) is 0.644. The van der Waals surface area contributed by atoms with Crippen molar-refractivity contribution in [2.45, 2.75) is 12.8 Å². The van der Waals surface area contributed by atoms with Crippen LogP contribution in [0.2, 0.25) is 0 Å². The highest BCUT2D eigenvalue weighted by atomic mass is 32.2. The molecule has 2 rings (SSSR count). The van der Waals surface area contributed by atoms with E-state index in [-0.39, 0.29) is 30.6 Å². The van der Waals surface area contributed by atoms with E-state index in [0.29, 0.717) is 29.8 Å². The van der Waals surface area contributed by atoms with Gasteiger partial charge in [-0.25, -0.2) is 8.42 Å². The van der Waals surface area contributed by atoms with Crippen LogP contribution < -0.4 is 0 Å². The number of nitrogens with zero attached hydrogens (tertiary/aromatic N) is 1. The van der Waals surface area contributed by atoms with Gasteiger partial charge in [0, 0.05) is 25.1 Å². The van der Waals surface area contributed by atoms with Crippen molar-refractivity contribution in [3.63, 3.8) is 0 Å². The van der Waals surface area contributed by atoms with Gasteiger partial charge in [-0.05, 0) is 17.9 Å². The maximum Gasteiger partial charge on any atom is 0.265 e. The van der Waals surface area contributed by atoms with Gasteiger partial charge < -0.3 is 10.0 Å². The summed E-state index contributed by atoms with van der Waals surface area (Å²) in [5, 5.41) is 10.5. The van der Waals surface area contributed by atoms with Crippen molar-refractivity contribution in [1.29, 1.82) is 0 Å². The topological polar surface area (TPSA) is 74.7 Å². The number of hydrogen-bond acceptors (Lipinski definition) is 5. The molecule has 1 aliphatic rings. The average Bonchev–Trinajstić information content (AvgIpc) is 2.82. The van der Waals surface area contributed by atoms with Crippen LogP contribution in [0.1, 0.15) is 28.1 Å². The molecule has 1 N–H and O–H groups in total. The number of aliphatic hydroxyl groups excluding tert-OH is 1. The molecule has 0 aromatic carbocycles. The lowest BCUT2D eigenvalue weighted by molar-refractivity contribution is 0.0773. The van der Waals surface area contributed by atoms with Crippen LogP contribution in [0.4, 0.5) is 0 Å². The minimum atomic E-state index is -3.03. The average molecular weight is 327 g/mol. The van der Waals surface area contributed by atoms with E-state index < -0.39 is 9.84 Å². The largest absolute Gasteiger partial charge is 0.395 e. The van der Waals surface area contributed by atoms with E-state index in [0.717, 1.165) is 0 Å². The van der Waals surface area contributed by atoms with Crippen LogP contribution in [0.15, 0.2) is 11.4 Å². The smallest absolute Gasteiger partial charge is 0.265 e. The van der Waals surface area contributed by atoms with Crippen LogP contribution in [0.3, 0.4) is 0 Å². The van der Waals surface area contributed by atoms with Crippen LogP contribution in [-0.2, 0) is 9.84 Å². The maximum atomic E-state index is 12.5. The van der Waals surface area contributed by atoms with Crippen molar-refractivity contribution in [3.8, 4) is 11.8 Å². The first-order chi connectivity index (χ1) is 10.0. The van der Waals surface area contributed by atoms with Gasteiger partial charge in [0.2, 0.25) is 0 Å². The van der Waals surface area contributed by atoms with E-state index in [4.69, 9.17) is 5.11 Å². The maximum absolute atomic E-state index is 12.5. The number of sulfone groups is 1. The van der Waals surface area contributed by atoms with Gasteiger partial charge in [0.25, 0.3) is 5.91 Å². The second-order valence-corrected chi connectivity index (χ2v) is 7.96. The summed E-state index contributed by atoms with van der Waals surface area (Å²) in [6.07, 6.45) is 0.844. The van der Waals surface area contributed by atoms with Crippen molar-refractivity contribution in [3.05, 3.63) is 21.9 Å². The fraction of sp³-hybridized carbons (Fsp3) is 0.500. The lowest BCUT2D eigenvalue weighted by Gasteiger charge is -2.19. The summed E-state index contributed by atoms with van der Waals surface area (Å²) in [6.45, 7) is 0.687. The molecule has 1 saturated heterocycles. The standard InChI is InChI=1S/C14H17NO4S2/c16-8-2-1-4-12-5-9-20-13(12)14(17)15-6-3-10-21(18,19)11-7-15/h5,9,16H,2-3,6-8,10-11H2. The van der Waals surface area contributed by atoms with Gasteiger partial charge in [0.05, 0.1) is 18.1 Å². The monoisotopic (exact) mass is 327 g/mol. The Hall–Kier alpha value is -1.36. The van der Waals surface area contributed by atoms with E-state index in [1.807, 2.05) is 0 Å². The Morgan fingerprint density at radius 3 is 2.95 bits per heavy atom. The second-order valence-electron chi connectivity index (χ2n) is 4.74. The lowest BCUT2D eigenvalue weighted by atomic mass is 10.2. The summed E-state index contributed by atoms with van der Waals surface area (Å²) < 4.78 is 23.2. The van der Waals surface area contributed by atoms with Gasteiger partial charge in [-0.2, -0.15) is 0 Å². The number of aliphatic hydroxyl groups is 1. The Bertz CT molecular complexity index is 667. The first kappa shape index (κ1) is 16.0. The highest BCUT2D eigenvalue weighted by Gasteiger charge is 2.25. The summed E-state index contributed by atoms with van der Waals surface area (Å²) in [6, 6.07) is 1.77. The fourth-order valence-electron chi connectivity index (χ4n) is 2.07. The molecule has 2 heterocycles. The Morgan fingerprint density at radius 2 is 2.19 bits per heavy atom.